The Labute approximate surface area is 148 Å². The number of amidine groups is 1. The fourth-order valence-corrected chi connectivity index (χ4v) is 2.52. The third kappa shape index (κ3) is 4.31. The minimum Gasteiger partial charge on any atom is -0.493 e. The van der Waals surface area contributed by atoms with Gasteiger partial charge in [0.15, 0.2) is 17.3 Å². The van der Waals surface area contributed by atoms with Crippen molar-refractivity contribution in [3.63, 3.8) is 0 Å². The maximum Gasteiger partial charge on any atom is 0.202 e. The number of benzene rings is 2. The van der Waals surface area contributed by atoms with E-state index in [2.05, 4.69) is 24.3 Å². The third-order valence-corrected chi connectivity index (χ3v) is 3.99. The smallest absolute Gasteiger partial charge is 0.202 e. The third-order valence-electron chi connectivity index (χ3n) is 3.99. The summed E-state index contributed by atoms with van der Waals surface area (Å²) in [4.78, 5) is 10.2. The van der Waals surface area contributed by atoms with Crippen LogP contribution in [-0.2, 0) is 4.84 Å². The summed E-state index contributed by atoms with van der Waals surface area (Å²) in [5.41, 5.74) is 4.80. The van der Waals surface area contributed by atoms with Gasteiger partial charge in [-0.3, -0.25) is 0 Å². The molecule has 0 saturated carbocycles. The second-order valence-corrected chi connectivity index (χ2v) is 6.36. The molecule has 25 heavy (non-hydrogen) atoms. The zero-order chi connectivity index (χ0) is 17.6. The molecule has 0 radical (unpaired) electrons. The molecule has 5 nitrogen and oxygen atoms in total. The monoisotopic (exact) mass is 340 g/mol. The normalized spacial score (nSPS) is 16.5. The first-order valence-electron chi connectivity index (χ1n) is 8.53. The van der Waals surface area contributed by atoms with Gasteiger partial charge in [-0.2, -0.15) is 0 Å². The maximum absolute atomic E-state index is 5.83. The van der Waals surface area contributed by atoms with E-state index in [-0.39, 0.29) is 0 Å². The minimum absolute atomic E-state index is 0.408. The van der Waals surface area contributed by atoms with Gasteiger partial charge in [-0.1, -0.05) is 50.2 Å². The molecule has 1 aliphatic rings. The molecule has 1 heterocycles. The van der Waals surface area contributed by atoms with Gasteiger partial charge in [0, 0.05) is 11.1 Å². The van der Waals surface area contributed by atoms with E-state index in [0.717, 1.165) is 29.1 Å². The number of hydroxylamine groups is 1. The molecule has 5 heteroatoms. The van der Waals surface area contributed by atoms with E-state index in [4.69, 9.17) is 14.3 Å². The molecule has 0 amide bonds. The van der Waals surface area contributed by atoms with Crippen LogP contribution >= 0.6 is 0 Å². The van der Waals surface area contributed by atoms with Gasteiger partial charge in [0.25, 0.3) is 0 Å². The number of methoxy groups -OCH3 is 1. The summed E-state index contributed by atoms with van der Waals surface area (Å²) < 4.78 is 11.3. The van der Waals surface area contributed by atoms with Crippen LogP contribution in [0.4, 0.5) is 0 Å². The van der Waals surface area contributed by atoms with E-state index < -0.39 is 6.23 Å². The molecule has 1 atom stereocenters. The van der Waals surface area contributed by atoms with Crippen molar-refractivity contribution in [1.82, 2.24) is 5.48 Å². The predicted octanol–water partition coefficient (Wildman–Crippen LogP) is 4.10. The molecule has 1 unspecified atom stereocenters. The lowest BCUT2D eigenvalue weighted by Gasteiger charge is -2.14. The van der Waals surface area contributed by atoms with Crippen molar-refractivity contribution in [1.29, 1.82) is 0 Å². The Morgan fingerprint density at radius 3 is 2.64 bits per heavy atom. The average molecular weight is 340 g/mol. The van der Waals surface area contributed by atoms with Crippen molar-refractivity contribution in [2.45, 2.75) is 26.5 Å². The number of nitrogens with one attached hydrogen (secondary N) is 1. The van der Waals surface area contributed by atoms with E-state index in [1.807, 2.05) is 48.5 Å². The minimum atomic E-state index is -0.408. The van der Waals surface area contributed by atoms with Crippen molar-refractivity contribution < 1.29 is 14.3 Å². The molecule has 1 N–H and O–H groups in total. The van der Waals surface area contributed by atoms with Crippen LogP contribution in [0.3, 0.4) is 0 Å². The van der Waals surface area contributed by atoms with Crippen LogP contribution in [0.2, 0.25) is 0 Å². The topological polar surface area (TPSA) is 52.1 Å². The molecule has 0 aliphatic carbocycles. The van der Waals surface area contributed by atoms with Gasteiger partial charge in [-0.15, -0.1) is 0 Å². The van der Waals surface area contributed by atoms with Crippen molar-refractivity contribution in [2.24, 2.45) is 10.9 Å². The van der Waals surface area contributed by atoms with Crippen LogP contribution < -0.4 is 15.0 Å². The zero-order valence-corrected chi connectivity index (χ0v) is 14.9. The number of hydrogen-bond acceptors (Lipinski definition) is 5. The highest BCUT2D eigenvalue weighted by Gasteiger charge is 2.22. The van der Waals surface area contributed by atoms with E-state index >= 15 is 0 Å². The van der Waals surface area contributed by atoms with Crippen LogP contribution in [-0.4, -0.2) is 19.6 Å². The number of ether oxygens (including phenoxy) is 2. The highest BCUT2D eigenvalue weighted by atomic mass is 16.7. The summed E-state index contributed by atoms with van der Waals surface area (Å²) in [6.07, 6.45) is 0.597. The summed E-state index contributed by atoms with van der Waals surface area (Å²) in [5.74, 6) is 2.76. The van der Waals surface area contributed by atoms with Gasteiger partial charge in [-0.25, -0.2) is 15.3 Å². The lowest BCUT2D eigenvalue weighted by molar-refractivity contribution is 0.0375. The molecule has 0 bridgehead atoms. The Morgan fingerprint density at radius 2 is 1.92 bits per heavy atom. The lowest BCUT2D eigenvalue weighted by Crippen LogP contribution is -2.17. The molecule has 2 aromatic carbocycles. The molecule has 0 spiro atoms. The summed E-state index contributed by atoms with van der Waals surface area (Å²) >= 11 is 0. The largest absolute Gasteiger partial charge is 0.493 e. The predicted molar refractivity (Wildman–Crippen MR) is 97.9 cm³/mol. The number of rotatable bonds is 7. The standard InChI is InChI=1S/C20H24N2O3/c1-14(2)11-12-24-17-10-9-16(13-18(17)23-3)20-21-19(22-25-20)15-7-5-4-6-8-15/h4-10,13-14,20H,11-12H2,1-3H3,(H,21,22). The Hall–Kier alpha value is -2.53. The summed E-state index contributed by atoms with van der Waals surface area (Å²) in [5, 5.41) is 0. The van der Waals surface area contributed by atoms with Crippen LogP contribution in [0.1, 0.15) is 37.6 Å². The van der Waals surface area contributed by atoms with Gasteiger partial charge in [0.2, 0.25) is 6.23 Å². The van der Waals surface area contributed by atoms with E-state index in [1.165, 1.54) is 0 Å². The molecular weight excluding hydrogens is 316 g/mol. The van der Waals surface area contributed by atoms with Crippen molar-refractivity contribution in [3.05, 3.63) is 59.7 Å². The Morgan fingerprint density at radius 1 is 1.12 bits per heavy atom. The molecule has 0 aromatic heterocycles. The van der Waals surface area contributed by atoms with Crippen molar-refractivity contribution in [2.75, 3.05) is 13.7 Å². The van der Waals surface area contributed by atoms with Gasteiger partial charge in [0.1, 0.15) is 0 Å². The lowest BCUT2D eigenvalue weighted by atomic mass is 10.1. The van der Waals surface area contributed by atoms with Gasteiger partial charge >= 0.3 is 0 Å². The first-order valence-corrected chi connectivity index (χ1v) is 8.53. The SMILES string of the molecule is COc1cc(C2N=C(c3ccccc3)NO2)ccc1OCCC(C)C. The van der Waals surface area contributed by atoms with E-state index in [9.17, 15) is 0 Å². The van der Waals surface area contributed by atoms with E-state index in [1.54, 1.807) is 7.11 Å². The number of aliphatic imine (C=N–C) groups is 1. The highest BCUT2D eigenvalue weighted by Crippen LogP contribution is 2.33. The van der Waals surface area contributed by atoms with Crippen LogP contribution in [0.15, 0.2) is 53.5 Å². The molecule has 0 fully saturated rings. The second-order valence-electron chi connectivity index (χ2n) is 6.36. The molecule has 132 valence electrons. The van der Waals surface area contributed by atoms with Crippen LogP contribution in [0, 0.1) is 5.92 Å². The quantitative estimate of drug-likeness (QED) is 0.824. The number of nitrogens with zero attached hydrogens (tertiary/aromatic N) is 1. The molecule has 3 rings (SSSR count). The fourth-order valence-electron chi connectivity index (χ4n) is 2.52. The van der Waals surface area contributed by atoms with Crippen molar-refractivity contribution >= 4 is 5.84 Å². The van der Waals surface area contributed by atoms with Gasteiger partial charge in [0.05, 0.1) is 13.7 Å². The molecule has 0 saturated heterocycles. The molecule has 2 aromatic rings. The van der Waals surface area contributed by atoms with E-state index in [0.29, 0.717) is 18.3 Å². The zero-order valence-electron chi connectivity index (χ0n) is 14.9. The number of hydrogen-bond donors (Lipinski definition) is 1. The fraction of sp³-hybridized carbons (Fsp3) is 0.350. The van der Waals surface area contributed by atoms with Gasteiger partial charge in [-0.05, 0) is 24.5 Å². The summed E-state index contributed by atoms with van der Waals surface area (Å²) in [6, 6.07) is 15.7. The first kappa shape index (κ1) is 17.3. The Kier molecular flexibility index (Phi) is 5.56. The Balaban J connectivity index is 1.74. The maximum atomic E-state index is 5.83. The first-order chi connectivity index (χ1) is 12.2. The highest BCUT2D eigenvalue weighted by molar-refractivity contribution is 5.98. The van der Waals surface area contributed by atoms with Crippen molar-refractivity contribution in [3.8, 4) is 11.5 Å². The molecule has 1 aliphatic heterocycles. The average Bonchev–Trinajstić information content (AvgIpc) is 3.12. The summed E-state index contributed by atoms with van der Waals surface area (Å²) in [7, 11) is 1.64. The second kappa shape index (κ2) is 8.03. The van der Waals surface area contributed by atoms with Gasteiger partial charge < -0.3 is 9.47 Å². The molecular formula is C20H24N2O3. The summed E-state index contributed by atoms with van der Waals surface area (Å²) in [6.45, 7) is 5.03. The van der Waals surface area contributed by atoms with Crippen LogP contribution in [0.25, 0.3) is 0 Å². The van der Waals surface area contributed by atoms with Crippen LogP contribution in [0.5, 0.6) is 11.5 Å². The Bertz CT molecular complexity index is 729.